The lowest BCUT2D eigenvalue weighted by Gasteiger charge is -2.45. The summed E-state index contributed by atoms with van der Waals surface area (Å²) in [6.45, 7) is 0.863. The number of piperidine rings is 1. The summed E-state index contributed by atoms with van der Waals surface area (Å²) in [7, 11) is 0. The van der Waals surface area contributed by atoms with Crippen molar-refractivity contribution < 1.29 is 14.3 Å². The Balaban J connectivity index is 1.45. The largest absolute Gasteiger partial charge is 0.465 e. The number of para-hydroxylation sites is 1. The number of carbonyl (C=O) groups excluding carboxylic acids is 2. The molecule has 2 aliphatic heterocycles. The van der Waals surface area contributed by atoms with Crippen LogP contribution >= 0.6 is 0 Å². The number of fused-ring (bicyclic) bond motifs is 2. The quantitative estimate of drug-likeness (QED) is 0.708. The van der Waals surface area contributed by atoms with E-state index in [2.05, 4.69) is 15.4 Å². The number of carbonyl (C=O) groups is 2. The number of ether oxygens (including phenoxy) is 1. The summed E-state index contributed by atoms with van der Waals surface area (Å²) in [4.78, 5) is 31.6. The monoisotopic (exact) mass is 363 g/mol. The van der Waals surface area contributed by atoms with Crippen molar-refractivity contribution in [3.8, 4) is 5.75 Å². The fraction of sp³-hybridized carbons (Fsp3) is 0.263. The molecule has 2 aliphatic rings. The van der Waals surface area contributed by atoms with Gasteiger partial charge in [0.05, 0.1) is 18.3 Å². The predicted molar refractivity (Wildman–Crippen MR) is 95.4 cm³/mol. The van der Waals surface area contributed by atoms with E-state index in [1.54, 1.807) is 46.1 Å². The lowest BCUT2D eigenvalue weighted by atomic mass is 9.97. The molecule has 5 rings (SSSR count). The van der Waals surface area contributed by atoms with E-state index in [4.69, 9.17) is 4.74 Å². The van der Waals surface area contributed by atoms with Crippen LogP contribution < -0.4 is 10.1 Å². The van der Waals surface area contributed by atoms with Crippen LogP contribution in [0, 0.1) is 0 Å². The SMILES string of the molecule is O=C1N[C@@]2(CCCN(C(=O)c3cnn4cccnc34)C2)Oc2ccccc21. The Kier molecular flexibility index (Phi) is 3.40. The minimum atomic E-state index is -0.907. The molecule has 2 aromatic heterocycles. The Labute approximate surface area is 154 Å². The van der Waals surface area contributed by atoms with Gasteiger partial charge in [-0.3, -0.25) is 9.59 Å². The molecule has 2 amide bonds. The van der Waals surface area contributed by atoms with Crippen LogP contribution in [0.25, 0.3) is 5.65 Å². The average molecular weight is 363 g/mol. The van der Waals surface area contributed by atoms with Crippen LogP contribution in [0.1, 0.15) is 33.6 Å². The molecule has 1 saturated heterocycles. The van der Waals surface area contributed by atoms with E-state index < -0.39 is 5.72 Å². The van der Waals surface area contributed by atoms with Gasteiger partial charge in [-0.15, -0.1) is 0 Å². The summed E-state index contributed by atoms with van der Waals surface area (Å²) in [5.74, 6) is 0.205. The summed E-state index contributed by atoms with van der Waals surface area (Å²) in [5.41, 5.74) is 0.560. The van der Waals surface area contributed by atoms with Gasteiger partial charge in [0, 0.05) is 25.4 Å². The van der Waals surface area contributed by atoms with Crippen molar-refractivity contribution in [2.75, 3.05) is 13.1 Å². The van der Waals surface area contributed by atoms with Gasteiger partial charge in [-0.1, -0.05) is 12.1 Å². The molecule has 0 bridgehead atoms. The van der Waals surface area contributed by atoms with Crippen LogP contribution in [0.15, 0.2) is 48.9 Å². The van der Waals surface area contributed by atoms with Gasteiger partial charge in [0.1, 0.15) is 11.3 Å². The van der Waals surface area contributed by atoms with Crippen LogP contribution in [0.3, 0.4) is 0 Å². The Morgan fingerprint density at radius 2 is 2.15 bits per heavy atom. The first kappa shape index (κ1) is 15.8. The third kappa shape index (κ3) is 2.52. The first-order chi connectivity index (χ1) is 13.2. The highest BCUT2D eigenvalue weighted by atomic mass is 16.5. The first-order valence-corrected chi connectivity index (χ1v) is 8.83. The minimum absolute atomic E-state index is 0.167. The second-order valence-electron chi connectivity index (χ2n) is 6.82. The van der Waals surface area contributed by atoms with Crippen LogP contribution in [-0.4, -0.2) is 50.1 Å². The fourth-order valence-corrected chi connectivity index (χ4v) is 3.78. The number of nitrogens with zero attached hydrogens (tertiary/aromatic N) is 4. The minimum Gasteiger partial charge on any atom is -0.465 e. The maximum atomic E-state index is 13.1. The maximum absolute atomic E-state index is 13.1. The van der Waals surface area contributed by atoms with E-state index >= 15 is 0 Å². The molecular formula is C19H17N5O3. The zero-order valence-corrected chi connectivity index (χ0v) is 14.5. The lowest BCUT2D eigenvalue weighted by molar-refractivity contribution is -0.0313. The number of nitrogens with one attached hydrogen (secondary N) is 1. The third-order valence-corrected chi connectivity index (χ3v) is 5.03. The number of rotatable bonds is 1. The average Bonchev–Trinajstić information content (AvgIpc) is 3.11. The molecule has 1 atom stereocenters. The van der Waals surface area contributed by atoms with Crippen molar-refractivity contribution in [2.45, 2.75) is 18.6 Å². The second kappa shape index (κ2) is 5.80. The molecule has 4 heterocycles. The predicted octanol–water partition coefficient (Wildman–Crippen LogP) is 1.48. The molecule has 1 N–H and O–H groups in total. The zero-order chi connectivity index (χ0) is 18.4. The van der Waals surface area contributed by atoms with Gasteiger partial charge in [0.25, 0.3) is 11.8 Å². The van der Waals surface area contributed by atoms with Crippen LogP contribution in [0.2, 0.25) is 0 Å². The Hall–Kier alpha value is -3.42. The molecular weight excluding hydrogens is 346 g/mol. The van der Waals surface area contributed by atoms with E-state index in [1.165, 1.54) is 6.20 Å². The van der Waals surface area contributed by atoms with Crippen LogP contribution in [-0.2, 0) is 0 Å². The lowest BCUT2D eigenvalue weighted by Crippen LogP contribution is -2.64. The summed E-state index contributed by atoms with van der Waals surface area (Å²) in [5, 5.41) is 7.15. The summed E-state index contributed by atoms with van der Waals surface area (Å²) >= 11 is 0. The van der Waals surface area contributed by atoms with Gasteiger partial charge in [0.2, 0.25) is 5.72 Å². The molecule has 0 radical (unpaired) electrons. The van der Waals surface area contributed by atoms with Gasteiger partial charge in [-0.25, -0.2) is 9.50 Å². The van der Waals surface area contributed by atoms with Gasteiger partial charge >= 0.3 is 0 Å². The first-order valence-electron chi connectivity index (χ1n) is 8.83. The molecule has 8 nitrogen and oxygen atoms in total. The molecule has 8 heteroatoms. The highest BCUT2D eigenvalue weighted by molar-refractivity contribution is 6.00. The van der Waals surface area contributed by atoms with Crippen molar-refractivity contribution >= 4 is 17.5 Å². The molecule has 1 spiro atoms. The Morgan fingerprint density at radius 1 is 1.26 bits per heavy atom. The van der Waals surface area contributed by atoms with Gasteiger partial charge in [0.15, 0.2) is 5.65 Å². The molecule has 0 aliphatic carbocycles. The Morgan fingerprint density at radius 3 is 3.07 bits per heavy atom. The van der Waals surface area contributed by atoms with E-state index in [0.717, 1.165) is 6.42 Å². The molecule has 0 saturated carbocycles. The van der Waals surface area contributed by atoms with Gasteiger partial charge in [-0.2, -0.15) is 5.10 Å². The summed E-state index contributed by atoms with van der Waals surface area (Å²) in [6, 6.07) is 8.91. The van der Waals surface area contributed by atoms with Crippen molar-refractivity contribution in [2.24, 2.45) is 0 Å². The zero-order valence-electron chi connectivity index (χ0n) is 14.5. The topological polar surface area (TPSA) is 88.8 Å². The molecule has 1 fully saturated rings. The highest BCUT2D eigenvalue weighted by Crippen LogP contribution is 2.33. The number of benzene rings is 1. The van der Waals surface area contributed by atoms with Gasteiger partial charge in [-0.05, 0) is 24.6 Å². The summed E-state index contributed by atoms with van der Waals surface area (Å²) < 4.78 is 7.73. The van der Waals surface area contributed by atoms with Crippen molar-refractivity contribution in [1.82, 2.24) is 24.8 Å². The second-order valence-corrected chi connectivity index (χ2v) is 6.82. The summed E-state index contributed by atoms with van der Waals surface area (Å²) in [6.07, 6.45) is 6.28. The van der Waals surface area contributed by atoms with E-state index in [9.17, 15) is 9.59 Å². The molecule has 0 unspecified atom stereocenters. The van der Waals surface area contributed by atoms with E-state index in [0.29, 0.717) is 35.5 Å². The standard InChI is InChI=1S/C19H17N5O3/c25-17-13-5-1-2-6-15(13)27-19(22-17)7-3-9-23(12-19)18(26)14-11-21-24-10-4-8-20-16(14)24/h1-2,4-6,8,10-11H,3,7,9,12H2,(H,22,25)/t19-/m0/s1. The van der Waals surface area contributed by atoms with Gasteiger partial charge < -0.3 is 15.0 Å². The highest BCUT2D eigenvalue weighted by Gasteiger charge is 2.44. The number of hydrogen-bond acceptors (Lipinski definition) is 5. The van der Waals surface area contributed by atoms with E-state index in [-0.39, 0.29) is 18.4 Å². The van der Waals surface area contributed by atoms with Crippen molar-refractivity contribution in [3.63, 3.8) is 0 Å². The smallest absolute Gasteiger partial charge is 0.259 e. The van der Waals surface area contributed by atoms with Crippen molar-refractivity contribution in [3.05, 3.63) is 60.0 Å². The number of likely N-dealkylation sites (tertiary alicyclic amines) is 1. The Bertz CT molecular complexity index is 1060. The number of aromatic nitrogens is 3. The number of hydrogen-bond donors (Lipinski definition) is 1. The molecule has 27 heavy (non-hydrogen) atoms. The van der Waals surface area contributed by atoms with Crippen molar-refractivity contribution in [1.29, 1.82) is 0 Å². The maximum Gasteiger partial charge on any atom is 0.259 e. The number of amides is 2. The molecule has 136 valence electrons. The molecule has 3 aromatic rings. The van der Waals surface area contributed by atoms with E-state index in [1.807, 2.05) is 6.07 Å². The van der Waals surface area contributed by atoms with Crippen LogP contribution in [0.5, 0.6) is 5.75 Å². The normalized spacial score (nSPS) is 21.6. The molecule has 1 aromatic carbocycles. The fourth-order valence-electron chi connectivity index (χ4n) is 3.78. The van der Waals surface area contributed by atoms with Crippen LogP contribution in [0.4, 0.5) is 0 Å². The third-order valence-electron chi connectivity index (χ3n) is 5.03.